The maximum Gasteiger partial charge on any atom is 0.270 e. The number of non-ortho nitro benzene ring substituents is 1. The van der Waals surface area contributed by atoms with E-state index in [1.807, 2.05) is 4.90 Å². The van der Waals surface area contributed by atoms with Crippen molar-refractivity contribution in [1.29, 1.82) is 0 Å². The smallest absolute Gasteiger partial charge is 0.270 e. The number of rotatable bonds is 5. The number of hydrogen-bond donors (Lipinski definition) is 1. The van der Waals surface area contributed by atoms with Crippen LogP contribution >= 0.6 is 0 Å². The first-order valence-corrected chi connectivity index (χ1v) is 7.97. The van der Waals surface area contributed by atoms with E-state index in [-0.39, 0.29) is 17.2 Å². The van der Waals surface area contributed by atoms with Crippen molar-refractivity contribution in [1.82, 2.24) is 9.21 Å². The molecule has 0 atom stereocenters. The molecule has 116 valence electrons. The van der Waals surface area contributed by atoms with Gasteiger partial charge in [0.1, 0.15) is 0 Å². The molecule has 0 radical (unpaired) electrons. The second-order valence-corrected chi connectivity index (χ2v) is 6.66. The van der Waals surface area contributed by atoms with E-state index in [2.05, 4.69) is 0 Å². The lowest BCUT2D eigenvalue weighted by Crippen LogP contribution is -2.49. The van der Waals surface area contributed by atoms with E-state index >= 15 is 0 Å². The third-order valence-electron chi connectivity index (χ3n) is 3.41. The van der Waals surface area contributed by atoms with Crippen LogP contribution in [0.5, 0.6) is 0 Å². The van der Waals surface area contributed by atoms with Gasteiger partial charge in [-0.25, -0.2) is 8.42 Å². The monoisotopic (exact) mass is 315 g/mol. The molecular weight excluding hydrogens is 298 g/mol. The van der Waals surface area contributed by atoms with Crippen molar-refractivity contribution in [2.75, 3.05) is 39.3 Å². The van der Waals surface area contributed by atoms with E-state index in [0.717, 1.165) is 6.07 Å². The fourth-order valence-electron chi connectivity index (χ4n) is 2.24. The summed E-state index contributed by atoms with van der Waals surface area (Å²) in [4.78, 5) is 12.0. The van der Waals surface area contributed by atoms with E-state index in [0.29, 0.717) is 32.7 Å². The molecule has 0 aliphatic carbocycles. The quantitative estimate of drug-likeness (QED) is 0.601. The van der Waals surface area contributed by atoms with Gasteiger partial charge in [-0.3, -0.25) is 15.0 Å². The van der Waals surface area contributed by atoms with Gasteiger partial charge in [-0.15, -0.1) is 0 Å². The molecule has 2 rings (SSSR count). The number of aliphatic hydroxyl groups is 1. The summed E-state index contributed by atoms with van der Waals surface area (Å²) >= 11 is 0. The van der Waals surface area contributed by atoms with Crippen LogP contribution < -0.4 is 0 Å². The number of β-amino-alcohol motifs (C(OH)–C–C–N with tert-alkyl or cyclic N) is 1. The highest BCUT2D eigenvalue weighted by Gasteiger charge is 2.29. The maximum atomic E-state index is 12.5. The van der Waals surface area contributed by atoms with Crippen LogP contribution in [0.3, 0.4) is 0 Å². The van der Waals surface area contributed by atoms with Crippen LogP contribution in [0.15, 0.2) is 29.2 Å². The molecule has 1 saturated heterocycles. The molecule has 1 fully saturated rings. The first kappa shape index (κ1) is 15.8. The van der Waals surface area contributed by atoms with Crippen molar-refractivity contribution >= 4 is 15.7 Å². The zero-order valence-electron chi connectivity index (χ0n) is 11.4. The summed E-state index contributed by atoms with van der Waals surface area (Å²) in [6.07, 6.45) is 0. The van der Waals surface area contributed by atoms with Gasteiger partial charge < -0.3 is 5.11 Å². The van der Waals surface area contributed by atoms with Gasteiger partial charge in [0.05, 0.1) is 16.4 Å². The van der Waals surface area contributed by atoms with Crippen LogP contribution in [0, 0.1) is 10.1 Å². The minimum atomic E-state index is -3.72. The number of sulfonamides is 1. The van der Waals surface area contributed by atoms with E-state index in [1.54, 1.807) is 0 Å². The number of nitro benzene ring substituents is 1. The number of nitrogens with zero attached hydrogens (tertiary/aromatic N) is 3. The molecular formula is C12H17N3O5S. The first-order chi connectivity index (χ1) is 9.95. The summed E-state index contributed by atoms with van der Waals surface area (Å²) in [5.74, 6) is 0. The molecule has 0 aromatic heterocycles. The van der Waals surface area contributed by atoms with E-state index in [9.17, 15) is 18.5 Å². The van der Waals surface area contributed by atoms with Gasteiger partial charge in [-0.05, 0) is 6.07 Å². The standard InChI is InChI=1S/C12H17N3O5S/c16-9-8-13-4-6-14(7-5-13)21(19,20)12-3-1-2-11(10-12)15(17)18/h1-3,10,16H,4-9H2. The summed E-state index contributed by atoms with van der Waals surface area (Å²) in [6, 6.07) is 5.07. The summed E-state index contributed by atoms with van der Waals surface area (Å²) in [5.41, 5.74) is -0.241. The number of aliphatic hydroxyl groups excluding tert-OH is 1. The highest BCUT2D eigenvalue weighted by atomic mass is 32.2. The summed E-state index contributed by atoms with van der Waals surface area (Å²) in [7, 11) is -3.72. The van der Waals surface area contributed by atoms with Crippen molar-refractivity contribution in [3.05, 3.63) is 34.4 Å². The molecule has 9 heteroatoms. The van der Waals surface area contributed by atoms with E-state index in [1.165, 1.54) is 22.5 Å². The normalized spacial score (nSPS) is 17.8. The molecule has 1 aliphatic heterocycles. The number of piperazine rings is 1. The molecule has 1 aromatic rings. The zero-order valence-corrected chi connectivity index (χ0v) is 12.2. The Hall–Kier alpha value is -1.55. The average Bonchev–Trinajstić information content (AvgIpc) is 2.48. The third kappa shape index (κ3) is 3.56. The lowest BCUT2D eigenvalue weighted by Gasteiger charge is -2.33. The maximum absolute atomic E-state index is 12.5. The van der Waals surface area contributed by atoms with Crippen LogP contribution in [-0.4, -0.2) is 67.0 Å². The Balaban J connectivity index is 2.16. The van der Waals surface area contributed by atoms with Gasteiger partial charge >= 0.3 is 0 Å². The average molecular weight is 315 g/mol. The van der Waals surface area contributed by atoms with Gasteiger partial charge in [0.15, 0.2) is 0 Å². The summed E-state index contributed by atoms with van der Waals surface area (Å²) in [6.45, 7) is 2.25. The zero-order chi connectivity index (χ0) is 15.5. The van der Waals surface area contributed by atoms with Crippen molar-refractivity contribution in [3.63, 3.8) is 0 Å². The summed E-state index contributed by atoms with van der Waals surface area (Å²) in [5, 5.41) is 19.6. The molecule has 1 N–H and O–H groups in total. The van der Waals surface area contributed by atoms with Gasteiger partial charge in [0.25, 0.3) is 5.69 Å². The number of benzene rings is 1. The predicted octanol–water partition coefficient (Wildman–Crippen LogP) is -0.107. The lowest BCUT2D eigenvalue weighted by atomic mass is 10.3. The Labute approximate surface area is 122 Å². The fraction of sp³-hybridized carbons (Fsp3) is 0.500. The number of nitro groups is 1. The molecule has 0 saturated carbocycles. The van der Waals surface area contributed by atoms with Crippen LogP contribution in [0.25, 0.3) is 0 Å². The highest BCUT2D eigenvalue weighted by Crippen LogP contribution is 2.21. The van der Waals surface area contributed by atoms with Crippen LogP contribution in [0.1, 0.15) is 0 Å². The second kappa shape index (κ2) is 6.48. The van der Waals surface area contributed by atoms with Gasteiger partial charge in [0, 0.05) is 44.9 Å². The van der Waals surface area contributed by atoms with E-state index < -0.39 is 14.9 Å². The largest absolute Gasteiger partial charge is 0.395 e. The van der Waals surface area contributed by atoms with Crippen molar-refractivity contribution in [2.24, 2.45) is 0 Å². The van der Waals surface area contributed by atoms with Gasteiger partial charge in [-0.2, -0.15) is 4.31 Å². The Bertz CT molecular complexity index is 611. The Morgan fingerprint density at radius 3 is 2.48 bits per heavy atom. The third-order valence-corrected chi connectivity index (χ3v) is 5.31. The highest BCUT2D eigenvalue weighted by molar-refractivity contribution is 7.89. The van der Waals surface area contributed by atoms with Crippen LogP contribution in [-0.2, 0) is 10.0 Å². The molecule has 0 spiro atoms. The molecule has 0 bridgehead atoms. The SMILES string of the molecule is O=[N+]([O-])c1cccc(S(=O)(=O)N2CCN(CCO)CC2)c1. The minimum absolute atomic E-state index is 0.0393. The number of hydrogen-bond acceptors (Lipinski definition) is 6. The van der Waals surface area contributed by atoms with Crippen LogP contribution in [0.4, 0.5) is 5.69 Å². The lowest BCUT2D eigenvalue weighted by molar-refractivity contribution is -0.385. The van der Waals surface area contributed by atoms with Crippen molar-refractivity contribution in [3.8, 4) is 0 Å². The molecule has 0 unspecified atom stereocenters. The topological polar surface area (TPSA) is 104 Å². The first-order valence-electron chi connectivity index (χ1n) is 6.53. The molecule has 1 heterocycles. The molecule has 1 aromatic carbocycles. The minimum Gasteiger partial charge on any atom is -0.395 e. The van der Waals surface area contributed by atoms with Gasteiger partial charge in [-0.1, -0.05) is 6.07 Å². The molecule has 8 nitrogen and oxygen atoms in total. The predicted molar refractivity (Wildman–Crippen MR) is 75.4 cm³/mol. The second-order valence-electron chi connectivity index (χ2n) is 4.72. The Kier molecular flexibility index (Phi) is 4.88. The molecule has 1 aliphatic rings. The fourth-order valence-corrected chi connectivity index (χ4v) is 3.70. The summed E-state index contributed by atoms with van der Waals surface area (Å²) < 4.78 is 26.2. The van der Waals surface area contributed by atoms with E-state index in [4.69, 9.17) is 5.11 Å². The Morgan fingerprint density at radius 1 is 1.24 bits per heavy atom. The van der Waals surface area contributed by atoms with Gasteiger partial charge in [0.2, 0.25) is 10.0 Å². The van der Waals surface area contributed by atoms with Crippen LogP contribution in [0.2, 0.25) is 0 Å². The Morgan fingerprint density at radius 2 is 1.90 bits per heavy atom. The van der Waals surface area contributed by atoms with Crippen molar-refractivity contribution < 1.29 is 18.4 Å². The van der Waals surface area contributed by atoms with Crippen molar-refractivity contribution in [2.45, 2.75) is 4.90 Å². The molecule has 0 amide bonds. The molecule has 21 heavy (non-hydrogen) atoms.